The second kappa shape index (κ2) is 9.22. The molecule has 26 heavy (non-hydrogen) atoms. The number of urea groups is 1. The lowest BCUT2D eigenvalue weighted by molar-refractivity contribution is -0.118. The number of imide groups is 1. The standard InChI is InChI=1S/C19H28N4O3/c1-13(2)11-21-19(26)22-16(24)12-20-15-8-6-7-14(3)17(15)18(25)23-9-4-5-10-23/h6-8,13,20H,4-5,9-12H2,1-3H3,(H2,21,22,24,26). The minimum absolute atomic E-state index is 0.0156. The maximum Gasteiger partial charge on any atom is 0.321 e. The molecule has 1 aromatic rings. The van der Waals surface area contributed by atoms with Gasteiger partial charge in [0.25, 0.3) is 5.91 Å². The van der Waals surface area contributed by atoms with Crippen molar-refractivity contribution in [1.82, 2.24) is 15.5 Å². The monoisotopic (exact) mass is 360 g/mol. The van der Waals surface area contributed by atoms with Crippen LogP contribution in [0.5, 0.6) is 0 Å². The van der Waals surface area contributed by atoms with Gasteiger partial charge in [-0.2, -0.15) is 0 Å². The van der Waals surface area contributed by atoms with Gasteiger partial charge in [-0.15, -0.1) is 0 Å². The van der Waals surface area contributed by atoms with Crippen molar-refractivity contribution >= 4 is 23.5 Å². The van der Waals surface area contributed by atoms with Crippen molar-refractivity contribution in [3.05, 3.63) is 29.3 Å². The summed E-state index contributed by atoms with van der Waals surface area (Å²) < 4.78 is 0. The molecule has 4 amide bonds. The zero-order chi connectivity index (χ0) is 19.1. The molecule has 1 heterocycles. The van der Waals surface area contributed by atoms with Gasteiger partial charge in [0.15, 0.2) is 0 Å². The predicted octanol–water partition coefficient (Wildman–Crippen LogP) is 2.12. The molecule has 2 rings (SSSR count). The first-order chi connectivity index (χ1) is 12.4. The van der Waals surface area contributed by atoms with Crippen molar-refractivity contribution in [2.45, 2.75) is 33.6 Å². The van der Waals surface area contributed by atoms with E-state index in [-0.39, 0.29) is 12.5 Å². The highest BCUT2D eigenvalue weighted by atomic mass is 16.2. The molecule has 3 N–H and O–H groups in total. The quantitative estimate of drug-likeness (QED) is 0.725. The first-order valence-corrected chi connectivity index (χ1v) is 9.09. The lowest BCUT2D eigenvalue weighted by atomic mass is 10.0. The Morgan fingerprint density at radius 1 is 1.15 bits per heavy atom. The Morgan fingerprint density at radius 2 is 1.85 bits per heavy atom. The van der Waals surface area contributed by atoms with E-state index in [1.165, 1.54) is 0 Å². The Bertz CT molecular complexity index is 667. The van der Waals surface area contributed by atoms with E-state index in [0.717, 1.165) is 31.5 Å². The number of hydrogen-bond acceptors (Lipinski definition) is 4. The smallest absolute Gasteiger partial charge is 0.321 e. The molecule has 0 aliphatic carbocycles. The normalized spacial score (nSPS) is 13.6. The van der Waals surface area contributed by atoms with E-state index in [4.69, 9.17) is 0 Å². The third kappa shape index (κ3) is 5.47. The molecule has 1 aromatic carbocycles. The molecule has 1 aliphatic heterocycles. The first kappa shape index (κ1) is 19.8. The summed E-state index contributed by atoms with van der Waals surface area (Å²) in [7, 11) is 0. The van der Waals surface area contributed by atoms with Gasteiger partial charge in [0.1, 0.15) is 0 Å². The van der Waals surface area contributed by atoms with Crippen LogP contribution in [0.25, 0.3) is 0 Å². The summed E-state index contributed by atoms with van der Waals surface area (Å²) in [6.07, 6.45) is 2.04. The van der Waals surface area contributed by atoms with E-state index >= 15 is 0 Å². The van der Waals surface area contributed by atoms with E-state index in [1.54, 1.807) is 6.07 Å². The van der Waals surface area contributed by atoms with Crippen molar-refractivity contribution in [2.24, 2.45) is 5.92 Å². The van der Waals surface area contributed by atoms with Gasteiger partial charge >= 0.3 is 6.03 Å². The van der Waals surface area contributed by atoms with E-state index in [9.17, 15) is 14.4 Å². The fourth-order valence-corrected chi connectivity index (χ4v) is 2.86. The van der Waals surface area contributed by atoms with Crippen LogP contribution in [-0.2, 0) is 4.79 Å². The van der Waals surface area contributed by atoms with Crippen LogP contribution in [0.2, 0.25) is 0 Å². The van der Waals surface area contributed by atoms with Crippen molar-refractivity contribution in [1.29, 1.82) is 0 Å². The van der Waals surface area contributed by atoms with Gasteiger partial charge in [0.2, 0.25) is 5.91 Å². The molecule has 0 unspecified atom stereocenters. The second-order valence-corrected chi connectivity index (χ2v) is 7.00. The third-order valence-electron chi connectivity index (χ3n) is 4.24. The Labute approximate surface area is 154 Å². The predicted molar refractivity (Wildman–Crippen MR) is 101 cm³/mol. The molecule has 0 aromatic heterocycles. The molecule has 0 spiro atoms. The Hall–Kier alpha value is -2.57. The second-order valence-electron chi connectivity index (χ2n) is 7.00. The Balaban J connectivity index is 1.96. The molecule has 7 heteroatoms. The number of nitrogens with zero attached hydrogens (tertiary/aromatic N) is 1. The lowest BCUT2D eigenvalue weighted by Crippen LogP contribution is -2.43. The number of rotatable bonds is 6. The number of likely N-dealkylation sites (tertiary alicyclic amines) is 1. The van der Waals surface area contributed by atoms with Crippen molar-refractivity contribution in [3.63, 3.8) is 0 Å². The van der Waals surface area contributed by atoms with Gasteiger partial charge in [0, 0.05) is 25.3 Å². The van der Waals surface area contributed by atoms with E-state index in [0.29, 0.717) is 23.7 Å². The molecule has 0 saturated carbocycles. The largest absolute Gasteiger partial charge is 0.375 e. The lowest BCUT2D eigenvalue weighted by Gasteiger charge is -2.20. The molecule has 1 fully saturated rings. The SMILES string of the molecule is Cc1cccc(NCC(=O)NC(=O)NCC(C)C)c1C(=O)N1CCCC1. The number of nitrogens with one attached hydrogen (secondary N) is 3. The Kier molecular flexibility index (Phi) is 7.00. The third-order valence-corrected chi connectivity index (χ3v) is 4.24. The van der Waals surface area contributed by atoms with Crippen LogP contribution in [0.1, 0.15) is 42.6 Å². The summed E-state index contributed by atoms with van der Waals surface area (Å²) in [5.41, 5.74) is 2.06. The maximum atomic E-state index is 12.8. The number of carbonyl (C=O) groups is 3. The fraction of sp³-hybridized carbons (Fsp3) is 0.526. The van der Waals surface area contributed by atoms with Gasteiger partial charge in [-0.1, -0.05) is 26.0 Å². The Morgan fingerprint density at radius 3 is 2.50 bits per heavy atom. The number of amides is 4. The minimum Gasteiger partial charge on any atom is -0.375 e. The number of carbonyl (C=O) groups excluding carboxylic acids is 3. The summed E-state index contributed by atoms with van der Waals surface area (Å²) in [5.74, 6) is -0.161. The van der Waals surface area contributed by atoms with Gasteiger partial charge in [0.05, 0.1) is 12.1 Å². The van der Waals surface area contributed by atoms with Crippen LogP contribution in [0.3, 0.4) is 0 Å². The highest BCUT2D eigenvalue weighted by Gasteiger charge is 2.23. The summed E-state index contributed by atoms with van der Waals surface area (Å²) in [6.45, 7) is 7.78. The molecule has 0 radical (unpaired) electrons. The van der Waals surface area contributed by atoms with Crippen LogP contribution in [0.4, 0.5) is 10.5 Å². The van der Waals surface area contributed by atoms with Crippen LogP contribution < -0.4 is 16.0 Å². The summed E-state index contributed by atoms with van der Waals surface area (Å²) in [6, 6.07) is 4.99. The summed E-state index contributed by atoms with van der Waals surface area (Å²) in [5, 5.41) is 7.89. The summed E-state index contributed by atoms with van der Waals surface area (Å²) >= 11 is 0. The molecular weight excluding hydrogens is 332 g/mol. The van der Waals surface area contributed by atoms with Crippen molar-refractivity contribution in [2.75, 3.05) is 31.5 Å². The van der Waals surface area contributed by atoms with Gasteiger partial charge in [-0.05, 0) is 37.3 Å². The van der Waals surface area contributed by atoms with Gasteiger partial charge < -0.3 is 15.5 Å². The summed E-state index contributed by atoms with van der Waals surface area (Å²) in [4.78, 5) is 38.2. The highest BCUT2D eigenvalue weighted by Crippen LogP contribution is 2.23. The van der Waals surface area contributed by atoms with Gasteiger partial charge in [-0.25, -0.2) is 4.79 Å². The number of benzene rings is 1. The average molecular weight is 360 g/mol. The van der Waals surface area contributed by atoms with Crippen molar-refractivity contribution in [3.8, 4) is 0 Å². The topological polar surface area (TPSA) is 90.5 Å². The average Bonchev–Trinajstić information content (AvgIpc) is 3.12. The van der Waals surface area contributed by atoms with Crippen LogP contribution >= 0.6 is 0 Å². The maximum absolute atomic E-state index is 12.8. The van der Waals surface area contributed by atoms with E-state index in [2.05, 4.69) is 16.0 Å². The van der Waals surface area contributed by atoms with Crippen LogP contribution in [0.15, 0.2) is 18.2 Å². The number of hydrogen-bond donors (Lipinski definition) is 3. The first-order valence-electron chi connectivity index (χ1n) is 9.09. The van der Waals surface area contributed by atoms with Crippen LogP contribution in [-0.4, -0.2) is 48.9 Å². The van der Waals surface area contributed by atoms with E-state index < -0.39 is 11.9 Å². The molecule has 7 nitrogen and oxygen atoms in total. The molecule has 142 valence electrons. The molecular formula is C19H28N4O3. The van der Waals surface area contributed by atoms with E-state index in [1.807, 2.05) is 37.8 Å². The number of anilines is 1. The number of aryl methyl sites for hydroxylation is 1. The van der Waals surface area contributed by atoms with Crippen molar-refractivity contribution < 1.29 is 14.4 Å². The molecule has 0 bridgehead atoms. The molecule has 1 saturated heterocycles. The zero-order valence-electron chi connectivity index (χ0n) is 15.7. The molecule has 1 aliphatic rings. The minimum atomic E-state index is -0.511. The molecule has 0 atom stereocenters. The zero-order valence-corrected chi connectivity index (χ0v) is 15.7. The van der Waals surface area contributed by atoms with Gasteiger partial charge in [-0.3, -0.25) is 14.9 Å². The van der Waals surface area contributed by atoms with Crippen LogP contribution in [0, 0.1) is 12.8 Å². The highest BCUT2D eigenvalue weighted by molar-refractivity contribution is 6.02. The fourth-order valence-electron chi connectivity index (χ4n) is 2.86.